The number of piperazine rings is 3. The summed E-state index contributed by atoms with van der Waals surface area (Å²) in [5.74, 6) is 0.206. The molecule has 0 saturated carbocycles. The van der Waals surface area contributed by atoms with Gasteiger partial charge in [0.25, 0.3) is 0 Å². The number of nitrogens with zero attached hydrogens (tertiary/aromatic N) is 6. The molecule has 4 atom stereocenters. The van der Waals surface area contributed by atoms with Gasteiger partial charge in [-0.2, -0.15) is 0 Å². The van der Waals surface area contributed by atoms with Crippen LogP contribution in [0.5, 0.6) is 0 Å². The molecule has 0 radical (unpaired) electrons. The maximum absolute atomic E-state index is 13.2. The minimum Gasteiger partial charge on any atom is -0.444 e. The zero-order valence-electron chi connectivity index (χ0n) is 39.1. The van der Waals surface area contributed by atoms with Gasteiger partial charge in [-0.05, 0) is 97.8 Å². The second kappa shape index (κ2) is 19.1. The summed E-state index contributed by atoms with van der Waals surface area (Å²) in [6, 6.07) is 15.7. The van der Waals surface area contributed by atoms with Crippen molar-refractivity contribution in [2.45, 2.75) is 132 Å². The first-order valence-electron chi connectivity index (χ1n) is 21.5. The number of ether oxygens (including phenoxy) is 2. The van der Waals surface area contributed by atoms with Crippen LogP contribution >= 0.6 is 15.9 Å². The SMILES string of the molecule is C[C@@H]1CN(C(=O)OC(C)(C)C)[C@@H](c2cccc(Br)c2)CN1C(=O)C(C)(C)C.C[C@@H]1CN(C(=O)OC(C)(C)C)[C@@H](c2cccc(N3CCN(C)CC3)c2)CN1C(=O)C(C)(C)C. The van der Waals surface area contributed by atoms with E-state index in [0.717, 1.165) is 47.5 Å². The molecule has 12 nitrogen and oxygen atoms in total. The second-order valence-corrected chi connectivity index (χ2v) is 21.8. The maximum Gasteiger partial charge on any atom is 0.410 e. The highest BCUT2D eigenvalue weighted by Gasteiger charge is 2.43. The zero-order chi connectivity index (χ0) is 45.1. The number of halogens is 1. The molecule has 4 amide bonds. The van der Waals surface area contributed by atoms with Crippen LogP contribution in [-0.2, 0) is 19.1 Å². The van der Waals surface area contributed by atoms with Gasteiger partial charge in [0.2, 0.25) is 11.8 Å². The Morgan fingerprint density at radius 1 is 0.567 bits per heavy atom. The first kappa shape index (κ1) is 48.8. The van der Waals surface area contributed by atoms with Crippen molar-refractivity contribution < 1.29 is 28.7 Å². The summed E-state index contributed by atoms with van der Waals surface area (Å²) in [4.78, 5) is 64.4. The van der Waals surface area contributed by atoms with Gasteiger partial charge >= 0.3 is 12.2 Å². The number of carbonyl (C=O) groups excluding carboxylic acids is 4. The highest BCUT2D eigenvalue weighted by atomic mass is 79.9. The summed E-state index contributed by atoms with van der Waals surface area (Å²) in [5, 5.41) is 0. The molecule has 3 fully saturated rings. The van der Waals surface area contributed by atoms with E-state index in [4.69, 9.17) is 9.47 Å². The highest BCUT2D eigenvalue weighted by Crippen LogP contribution is 2.35. The van der Waals surface area contributed by atoms with E-state index >= 15 is 0 Å². The van der Waals surface area contributed by atoms with E-state index < -0.39 is 22.0 Å². The van der Waals surface area contributed by atoms with Gasteiger partial charge in [0.15, 0.2) is 0 Å². The molecule has 3 saturated heterocycles. The molecule has 3 aliphatic heterocycles. The number of anilines is 1. The van der Waals surface area contributed by atoms with E-state index in [0.29, 0.717) is 26.2 Å². The van der Waals surface area contributed by atoms with Gasteiger partial charge in [-0.1, -0.05) is 81.7 Å². The van der Waals surface area contributed by atoms with E-state index in [1.165, 1.54) is 0 Å². The summed E-state index contributed by atoms with van der Waals surface area (Å²) < 4.78 is 12.3. The molecular weight excluding hydrogens is 824 g/mol. The average molecular weight is 898 g/mol. The molecule has 3 aliphatic rings. The molecule has 13 heteroatoms. The molecule has 2 aromatic rings. The third-order valence-electron chi connectivity index (χ3n) is 10.9. The fourth-order valence-electron chi connectivity index (χ4n) is 7.70. The van der Waals surface area contributed by atoms with Crippen LogP contribution in [0.4, 0.5) is 15.3 Å². The van der Waals surface area contributed by atoms with E-state index in [2.05, 4.69) is 57.0 Å². The van der Waals surface area contributed by atoms with Crippen LogP contribution in [0.1, 0.15) is 120 Å². The maximum atomic E-state index is 13.2. The lowest BCUT2D eigenvalue weighted by Gasteiger charge is -2.47. The van der Waals surface area contributed by atoms with Crippen LogP contribution in [0.15, 0.2) is 53.0 Å². The van der Waals surface area contributed by atoms with Crippen molar-refractivity contribution in [2.75, 3.05) is 64.3 Å². The van der Waals surface area contributed by atoms with Crippen LogP contribution in [0, 0.1) is 10.8 Å². The van der Waals surface area contributed by atoms with E-state index in [-0.39, 0.29) is 48.2 Å². The van der Waals surface area contributed by atoms with E-state index in [9.17, 15) is 19.2 Å². The molecule has 0 unspecified atom stereocenters. The van der Waals surface area contributed by atoms with Gasteiger partial charge < -0.3 is 29.1 Å². The Balaban J connectivity index is 0.000000270. The van der Waals surface area contributed by atoms with Gasteiger partial charge in [-0.3, -0.25) is 19.4 Å². The van der Waals surface area contributed by atoms with Crippen molar-refractivity contribution in [2.24, 2.45) is 10.8 Å². The molecule has 0 bridgehead atoms. The molecule has 0 aliphatic carbocycles. The minimum atomic E-state index is -0.578. The number of amides is 4. The van der Waals surface area contributed by atoms with Gasteiger partial charge in [0.1, 0.15) is 11.2 Å². The Labute approximate surface area is 369 Å². The number of likely N-dealkylation sites (N-methyl/N-ethyl adjacent to an activating group) is 1. The highest BCUT2D eigenvalue weighted by molar-refractivity contribution is 9.10. The molecule has 0 N–H and O–H groups in total. The Morgan fingerprint density at radius 2 is 0.967 bits per heavy atom. The summed E-state index contributed by atoms with van der Waals surface area (Å²) in [7, 11) is 2.15. The summed E-state index contributed by atoms with van der Waals surface area (Å²) in [6.45, 7) is 32.7. The standard InChI is InChI=1S/C26H42N4O3.C21H31BrN2O3/c1-19-17-30(24(32)33-26(5,6)7)22(18-29(19)23(31)25(2,3)4)20-10-9-11-21(16-20)28-14-12-27(8)13-15-28;1-14-12-24(19(26)27-21(5,6)7)17(15-9-8-10-16(22)11-15)13-23(14)18(25)20(2,3)4/h9-11,16,19,22H,12-15,17-18H2,1-8H3;8-11,14,17H,12-13H2,1-7H3/t19-,22-;14-,17-/m11/s1. The van der Waals surface area contributed by atoms with Gasteiger partial charge in [0.05, 0.1) is 12.1 Å². The molecule has 2 aromatic carbocycles. The molecule has 0 aromatic heterocycles. The van der Waals surface area contributed by atoms with Crippen LogP contribution < -0.4 is 4.90 Å². The average Bonchev–Trinajstić information content (AvgIpc) is 3.12. The van der Waals surface area contributed by atoms with Crippen molar-refractivity contribution in [1.29, 1.82) is 0 Å². The summed E-state index contributed by atoms with van der Waals surface area (Å²) >= 11 is 3.51. The lowest BCUT2D eigenvalue weighted by molar-refractivity contribution is -0.146. The molecule has 0 spiro atoms. The van der Waals surface area contributed by atoms with Gasteiger partial charge in [-0.15, -0.1) is 0 Å². The van der Waals surface area contributed by atoms with Crippen molar-refractivity contribution in [3.8, 4) is 0 Å². The van der Waals surface area contributed by atoms with Crippen molar-refractivity contribution in [1.82, 2.24) is 24.5 Å². The van der Waals surface area contributed by atoms with Crippen molar-refractivity contribution in [3.63, 3.8) is 0 Å². The third-order valence-corrected chi connectivity index (χ3v) is 11.4. The number of rotatable bonds is 3. The van der Waals surface area contributed by atoms with Crippen LogP contribution in [-0.4, -0.2) is 131 Å². The Bertz CT molecular complexity index is 1820. The molecule has 334 valence electrons. The predicted octanol–water partition coefficient (Wildman–Crippen LogP) is 9.00. The largest absolute Gasteiger partial charge is 0.444 e. The van der Waals surface area contributed by atoms with Crippen molar-refractivity contribution >= 4 is 45.6 Å². The Hall–Kier alpha value is -3.84. The van der Waals surface area contributed by atoms with Gasteiger partial charge in [-0.25, -0.2) is 9.59 Å². The molecular formula is C47H73BrN6O6. The monoisotopic (exact) mass is 896 g/mol. The van der Waals surface area contributed by atoms with E-state index in [1.807, 2.05) is 136 Å². The summed E-state index contributed by atoms with van der Waals surface area (Å²) in [6.07, 6.45) is -0.672. The topological polar surface area (TPSA) is 106 Å². The van der Waals surface area contributed by atoms with E-state index in [1.54, 1.807) is 4.90 Å². The van der Waals surface area contributed by atoms with Crippen LogP contribution in [0.2, 0.25) is 0 Å². The number of hydrogen-bond acceptors (Lipinski definition) is 8. The van der Waals surface area contributed by atoms with Gasteiger partial charge in [0, 0.05) is 85.4 Å². The first-order valence-corrected chi connectivity index (χ1v) is 22.3. The minimum absolute atomic E-state index is 0.0763. The lowest BCUT2D eigenvalue weighted by Crippen LogP contribution is -2.59. The quantitative estimate of drug-likeness (QED) is 0.301. The fourth-order valence-corrected chi connectivity index (χ4v) is 8.12. The molecule has 3 heterocycles. The second-order valence-electron chi connectivity index (χ2n) is 20.9. The normalized spacial score (nSPS) is 22.2. The number of carbonyl (C=O) groups is 4. The summed E-state index contributed by atoms with van der Waals surface area (Å²) in [5.41, 5.74) is 1.09. The van der Waals surface area contributed by atoms with Crippen LogP contribution in [0.25, 0.3) is 0 Å². The third kappa shape index (κ3) is 13.1. The smallest absolute Gasteiger partial charge is 0.410 e. The first-order chi connectivity index (χ1) is 27.6. The number of benzene rings is 2. The molecule has 60 heavy (non-hydrogen) atoms. The predicted molar refractivity (Wildman–Crippen MR) is 243 cm³/mol. The number of hydrogen-bond donors (Lipinski definition) is 0. The van der Waals surface area contributed by atoms with Crippen LogP contribution in [0.3, 0.4) is 0 Å². The fraction of sp³-hybridized carbons (Fsp3) is 0.660. The van der Waals surface area contributed by atoms with Crippen molar-refractivity contribution in [3.05, 3.63) is 64.1 Å². The molecule has 5 rings (SSSR count). The Kier molecular flexibility index (Phi) is 15.5. The lowest BCUT2D eigenvalue weighted by atomic mass is 9.91. The zero-order valence-corrected chi connectivity index (χ0v) is 40.7. The Morgan fingerprint density at radius 3 is 1.35 bits per heavy atom.